The van der Waals surface area contributed by atoms with Crippen LogP contribution in [0.3, 0.4) is 0 Å². The minimum atomic E-state index is -0.580. The van der Waals surface area contributed by atoms with Crippen molar-refractivity contribution in [3.05, 3.63) is 51.4 Å². The largest absolute Gasteiger partial charge is 0.291 e. The third kappa shape index (κ3) is 1.96. The Labute approximate surface area is 101 Å². The zero-order valence-corrected chi connectivity index (χ0v) is 9.13. The monoisotopic (exact) mass is 248 g/mol. The van der Waals surface area contributed by atoms with E-state index < -0.39 is 4.92 Å². The first kappa shape index (κ1) is 11.1. The van der Waals surface area contributed by atoms with Crippen LogP contribution in [0, 0.1) is 21.4 Å². The number of hydrogen-bond acceptors (Lipinski definition) is 4. The smallest absolute Gasteiger partial charge is 0.289 e. The van der Waals surface area contributed by atoms with E-state index in [0.29, 0.717) is 11.5 Å². The van der Waals surface area contributed by atoms with Gasteiger partial charge in [0.15, 0.2) is 5.82 Å². The molecule has 0 aliphatic heterocycles. The molecule has 2 heterocycles. The molecule has 0 aliphatic rings. The highest BCUT2D eigenvalue weighted by Crippen LogP contribution is 2.24. The fourth-order valence-corrected chi connectivity index (χ4v) is 1.61. The number of halogens is 1. The average molecular weight is 249 g/mol. The van der Waals surface area contributed by atoms with Gasteiger partial charge in [-0.3, -0.25) is 14.7 Å². The van der Waals surface area contributed by atoms with Gasteiger partial charge < -0.3 is 0 Å². The number of aromatic nitrogens is 2. The van der Waals surface area contributed by atoms with E-state index in [4.69, 9.17) is 16.9 Å². The molecule has 0 saturated heterocycles. The van der Waals surface area contributed by atoms with Gasteiger partial charge in [0, 0.05) is 12.3 Å². The molecule has 0 unspecified atom stereocenters. The maximum absolute atomic E-state index is 10.5. The van der Waals surface area contributed by atoms with Gasteiger partial charge in [-0.25, -0.2) is 4.98 Å². The van der Waals surface area contributed by atoms with E-state index in [-0.39, 0.29) is 10.7 Å². The van der Waals surface area contributed by atoms with Gasteiger partial charge in [0.05, 0.1) is 9.95 Å². The van der Waals surface area contributed by atoms with Crippen molar-refractivity contribution >= 4 is 17.3 Å². The molecule has 84 valence electrons. The topological polar surface area (TPSA) is 84.8 Å². The molecule has 0 atom stereocenters. The van der Waals surface area contributed by atoms with E-state index in [0.717, 1.165) is 6.20 Å². The number of pyridine rings is 1. The zero-order chi connectivity index (χ0) is 12.4. The lowest BCUT2D eigenvalue weighted by Crippen LogP contribution is -2.00. The van der Waals surface area contributed by atoms with E-state index in [1.807, 2.05) is 6.07 Å². The molecule has 7 heteroatoms. The first-order chi connectivity index (χ1) is 8.13. The summed E-state index contributed by atoms with van der Waals surface area (Å²) in [7, 11) is 0. The molecule has 0 amide bonds. The lowest BCUT2D eigenvalue weighted by atomic mass is 10.4. The van der Waals surface area contributed by atoms with Gasteiger partial charge in [-0.2, -0.15) is 5.26 Å². The third-order valence-corrected chi connectivity index (χ3v) is 2.39. The second-order valence-corrected chi connectivity index (χ2v) is 3.54. The Morgan fingerprint density at radius 1 is 1.59 bits per heavy atom. The maximum atomic E-state index is 10.5. The molecule has 2 aromatic heterocycles. The van der Waals surface area contributed by atoms with Crippen molar-refractivity contribution in [3.63, 3.8) is 0 Å². The molecule has 0 radical (unpaired) electrons. The summed E-state index contributed by atoms with van der Waals surface area (Å²) in [6.07, 6.45) is 2.71. The number of rotatable bonds is 2. The second kappa shape index (κ2) is 4.23. The Morgan fingerprint density at radius 2 is 2.35 bits per heavy atom. The number of nitrogens with zero attached hydrogens (tertiary/aromatic N) is 4. The fraction of sp³-hybridized carbons (Fsp3) is 0. The summed E-state index contributed by atoms with van der Waals surface area (Å²) in [4.78, 5) is 13.8. The summed E-state index contributed by atoms with van der Waals surface area (Å²) in [6.45, 7) is 0. The predicted octanol–water partition coefficient (Wildman–Crippen LogP) is 2.31. The Morgan fingerprint density at radius 3 is 2.94 bits per heavy atom. The van der Waals surface area contributed by atoms with Gasteiger partial charge >= 0.3 is 0 Å². The standard InChI is InChI=1S/C10H5ClN4O2/c11-9-4-8(15(16)17)6-13-10(9)14-3-1-2-7(14)5-12/h1-4,6H. The third-order valence-electron chi connectivity index (χ3n) is 2.11. The van der Waals surface area contributed by atoms with Crippen molar-refractivity contribution in [3.8, 4) is 11.9 Å². The normalized spacial score (nSPS) is 9.88. The van der Waals surface area contributed by atoms with Gasteiger partial charge in [0.2, 0.25) is 0 Å². The quantitative estimate of drug-likeness (QED) is 0.603. The van der Waals surface area contributed by atoms with Crippen LogP contribution in [0.25, 0.3) is 5.82 Å². The molecule has 0 aliphatic carbocycles. The van der Waals surface area contributed by atoms with Gasteiger partial charge in [-0.1, -0.05) is 11.6 Å². The van der Waals surface area contributed by atoms with Crippen molar-refractivity contribution < 1.29 is 4.92 Å². The number of nitro groups is 1. The van der Waals surface area contributed by atoms with Crippen LogP contribution >= 0.6 is 11.6 Å². The van der Waals surface area contributed by atoms with Gasteiger partial charge in [0.1, 0.15) is 18.0 Å². The summed E-state index contributed by atoms with van der Waals surface area (Å²) in [5.74, 6) is 0.291. The molecule has 0 N–H and O–H groups in total. The highest BCUT2D eigenvalue weighted by molar-refractivity contribution is 6.32. The summed E-state index contributed by atoms with van der Waals surface area (Å²) in [6, 6.07) is 6.43. The molecule has 2 rings (SSSR count). The summed E-state index contributed by atoms with van der Waals surface area (Å²) < 4.78 is 1.46. The summed E-state index contributed by atoms with van der Waals surface area (Å²) in [5, 5.41) is 19.5. The molecule has 0 aromatic carbocycles. The highest BCUT2D eigenvalue weighted by Gasteiger charge is 2.13. The lowest BCUT2D eigenvalue weighted by molar-refractivity contribution is -0.385. The van der Waals surface area contributed by atoms with E-state index >= 15 is 0 Å². The molecule has 0 bridgehead atoms. The van der Waals surface area contributed by atoms with Crippen LogP contribution < -0.4 is 0 Å². The molecular formula is C10H5ClN4O2. The first-order valence-electron chi connectivity index (χ1n) is 4.51. The Hall–Kier alpha value is -2.39. The number of nitriles is 1. The molecule has 0 spiro atoms. The van der Waals surface area contributed by atoms with Gasteiger partial charge in [0.25, 0.3) is 5.69 Å². The molecule has 0 fully saturated rings. The lowest BCUT2D eigenvalue weighted by Gasteiger charge is -2.05. The van der Waals surface area contributed by atoms with Crippen molar-refractivity contribution in [2.24, 2.45) is 0 Å². The fourth-order valence-electron chi connectivity index (χ4n) is 1.35. The Kier molecular flexibility index (Phi) is 2.77. The zero-order valence-electron chi connectivity index (χ0n) is 8.37. The average Bonchev–Trinajstić information content (AvgIpc) is 2.76. The molecule has 2 aromatic rings. The van der Waals surface area contributed by atoms with Crippen molar-refractivity contribution in [2.45, 2.75) is 0 Å². The van der Waals surface area contributed by atoms with Crippen molar-refractivity contribution in [2.75, 3.05) is 0 Å². The predicted molar refractivity (Wildman–Crippen MR) is 59.9 cm³/mol. The molecule has 6 nitrogen and oxygen atoms in total. The molecule has 0 saturated carbocycles. The summed E-state index contributed by atoms with van der Waals surface area (Å²) in [5.41, 5.74) is 0.165. The van der Waals surface area contributed by atoms with Crippen LogP contribution in [0.1, 0.15) is 5.69 Å². The van der Waals surface area contributed by atoms with Crippen LogP contribution in [0.5, 0.6) is 0 Å². The van der Waals surface area contributed by atoms with Crippen LogP contribution in [-0.4, -0.2) is 14.5 Å². The minimum Gasteiger partial charge on any atom is -0.291 e. The first-order valence-corrected chi connectivity index (χ1v) is 4.89. The van der Waals surface area contributed by atoms with E-state index in [1.165, 1.54) is 10.6 Å². The Balaban J connectivity index is 2.55. The SMILES string of the molecule is N#Cc1cccn1-c1ncc([N+](=O)[O-])cc1Cl. The van der Waals surface area contributed by atoms with E-state index in [2.05, 4.69) is 4.98 Å². The van der Waals surface area contributed by atoms with Crippen LogP contribution in [-0.2, 0) is 0 Å². The molecule has 17 heavy (non-hydrogen) atoms. The maximum Gasteiger partial charge on any atom is 0.289 e. The van der Waals surface area contributed by atoms with E-state index in [1.54, 1.807) is 18.3 Å². The Bertz CT molecular complexity index is 629. The van der Waals surface area contributed by atoms with Crippen molar-refractivity contribution in [1.29, 1.82) is 5.26 Å². The number of hydrogen-bond donors (Lipinski definition) is 0. The molecular weight excluding hydrogens is 244 g/mol. The highest BCUT2D eigenvalue weighted by atomic mass is 35.5. The van der Waals surface area contributed by atoms with Gasteiger partial charge in [-0.05, 0) is 12.1 Å². The van der Waals surface area contributed by atoms with Crippen LogP contribution in [0.2, 0.25) is 5.02 Å². The van der Waals surface area contributed by atoms with Crippen LogP contribution in [0.4, 0.5) is 5.69 Å². The van der Waals surface area contributed by atoms with Crippen LogP contribution in [0.15, 0.2) is 30.6 Å². The van der Waals surface area contributed by atoms with Gasteiger partial charge in [-0.15, -0.1) is 0 Å². The van der Waals surface area contributed by atoms with Crippen molar-refractivity contribution in [1.82, 2.24) is 9.55 Å². The minimum absolute atomic E-state index is 0.118. The summed E-state index contributed by atoms with van der Waals surface area (Å²) >= 11 is 5.90. The second-order valence-electron chi connectivity index (χ2n) is 3.13. The van der Waals surface area contributed by atoms with E-state index in [9.17, 15) is 10.1 Å².